The number of alkyl halides is 3. The number of primary amides is 1. The lowest BCUT2D eigenvalue weighted by Crippen LogP contribution is -2.47. The molecule has 1 saturated heterocycles. The minimum Gasteiger partial charge on any atom is -0.495 e. The summed E-state index contributed by atoms with van der Waals surface area (Å²) in [5, 5.41) is 2.48. The Morgan fingerprint density at radius 3 is 2.58 bits per heavy atom. The van der Waals surface area contributed by atoms with Crippen molar-refractivity contribution in [3.63, 3.8) is 0 Å². The van der Waals surface area contributed by atoms with Gasteiger partial charge in [0.05, 0.1) is 12.8 Å². The van der Waals surface area contributed by atoms with Crippen LogP contribution in [0.4, 0.5) is 18.9 Å². The highest BCUT2D eigenvalue weighted by molar-refractivity contribution is 5.97. The maximum Gasteiger partial charge on any atom is 0.417 e. The van der Waals surface area contributed by atoms with E-state index in [0.717, 1.165) is 6.92 Å². The first-order valence-electron chi connectivity index (χ1n) is 9.29. The van der Waals surface area contributed by atoms with Gasteiger partial charge in [0.15, 0.2) is 5.60 Å². The Morgan fingerprint density at radius 2 is 1.97 bits per heavy atom. The molecule has 0 bridgehead atoms. The molecule has 2 aromatic heterocycles. The van der Waals surface area contributed by atoms with E-state index in [4.69, 9.17) is 15.2 Å². The standard InChI is InChI=1S/C20H21F3N4O4/c1-10-14(15-13(30-3)5-4-7-26-15)16(31-19(10,2)20(21,22)23)18(29)27-11-6-8-25-12(9-11)17(24)28/h4-10,14,16H,1-3H3,(H2,24,28)(H,25,27,29)/t10-,14+,16+,19-/m1/s1. The van der Waals surface area contributed by atoms with Gasteiger partial charge >= 0.3 is 6.18 Å². The van der Waals surface area contributed by atoms with Gasteiger partial charge in [0.25, 0.3) is 11.8 Å². The van der Waals surface area contributed by atoms with Crippen LogP contribution in [-0.2, 0) is 9.53 Å². The van der Waals surface area contributed by atoms with Crippen LogP contribution in [0, 0.1) is 5.92 Å². The third-order valence-electron chi connectivity index (χ3n) is 5.54. The van der Waals surface area contributed by atoms with Crippen molar-refractivity contribution in [1.29, 1.82) is 0 Å². The van der Waals surface area contributed by atoms with Crippen LogP contribution in [0.15, 0.2) is 36.7 Å². The third kappa shape index (κ3) is 4.05. The Bertz CT molecular complexity index is 1000. The van der Waals surface area contributed by atoms with Crippen molar-refractivity contribution in [2.24, 2.45) is 11.7 Å². The fraction of sp³-hybridized carbons (Fsp3) is 0.400. The lowest BCUT2D eigenvalue weighted by atomic mass is 9.78. The van der Waals surface area contributed by atoms with Gasteiger partial charge < -0.3 is 20.5 Å². The summed E-state index contributed by atoms with van der Waals surface area (Å²) in [7, 11) is 1.36. The van der Waals surface area contributed by atoms with Crippen LogP contribution >= 0.6 is 0 Å². The van der Waals surface area contributed by atoms with E-state index in [1.165, 1.54) is 38.6 Å². The molecule has 3 rings (SSSR count). The minimum atomic E-state index is -4.74. The first-order chi connectivity index (χ1) is 14.5. The number of pyridine rings is 2. The Balaban J connectivity index is 2.01. The quantitative estimate of drug-likeness (QED) is 0.742. The van der Waals surface area contributed by atoms with Crippen molar-refractivity contribution in [3.8, 4) is 5.75 Å². The molecule has 8 nitrogen and oxygen atoms in total. The molecule has 2 aromatic rings. The predicted octanol–water partition coefficient (Wildman–Crippen LogP) is 2.66. The highest BCUT2D eigenvalue weighted by Gasteiger charge is 2.66. The number of methoxy groups -OCH3 is 1. The smallest absolute Gasteiger partial charge is 0.417 e. The molecule has 0 radical (unpaired) electrons. The largest absolute Gasteiger partial charge is 0.495 e. The Hall–Kier alpha value is -3.21. The van der Waals surface area contributed by atoms with Gasteiger partial charge in [0, 0.05) is 29.9 Å². The summed E-state index contributed by atoms with van der Waals surface area (Å²) in [5.74, 6) is -3.63. The molecular weight excluding hydrogens is 417 g/mol. The van der Waals surface area contributed by atoms with Crippen LogP contribution in [0.5, 0.6) is 5.75 Å². The fourth-order valence-corrected chi connectivity index (χ4v) is 3.65. The van der Waals surface area contributed by atoms with E-state index in [1.54, 1.807) is 12.1 Å². The molecule has 0 aromatic carbocycles. The summed E-state index contributed by atoms with van der Waals surface area (Å²) < 4.78 is 52.3. The van der Waals surface area contributed by atoms with Crippen LogP contribution in [0.3, 0.4) is 0 Å². The van der Waals surface area contributed by atoms with Crippen molar-refractivity contribution >= 4 is 17.5 Å². The summed E-state index contributed by atoms with van der Waals surface area (Å²) in [5.41, 5.74) is 2.79. The predicted molar refractivity (Wildman–Crippen MR) is 103 cm³/mol. The molecule has 4 atom stereocenters. The zero-order valence-corrected chi connectivity index (χ0v) is 16.9. The maximum atomic E-state index is 13.9. The molecule has 31 heavy (non-hydrogen) atoms. The Kier molecular flexibility index (Phi) is 5.90. The lowest BCUT2D eigenvalue weighted by Gasteiger charge is -2.31. The second-order valence-corrected chi connectivity index (χ2v) is 7.33. The summed E-state index contributed by atoms with van der Waals surface area (Å²) in [4.78, 5) is 32.3. The highest BCUT2D eigenvalue weighted by atomic mass is 19.4. The summed E-state index contributed by atoms with van der Waals surface area (Å²) in [6.07, 6.45) is -3.62. The van der Waals surface area contributed by atoms with Gasteiger partial charge in [-0.1, -0.05) is 6.92 Å². The van der Waals surface area contributed by atoms with Crippen LogP contribution in [0.1, 0.15) is 35.9 Å². The van der Waals surface area contributed by atoms with Crippen molar-refractivity contribution in [2.75, 3.05) is 12.4 Å². The van der Waals surface area contributed by atoms with E-state index in [1.807, 2.05) is 0 Å². The number of hydrogen-bond donors (Lipinski definition) is 2. The summed E-state index contributed by atoms with van der Waals surface area (Å²) in [6, 6.07) is 5.72. The molecule has 0 unspecified atom stereocenters. The van der Waals surface area contributed by atoms with Crippen LogP contribution in [0.2, 0.25) is 0 Å². The molecule has 1 aliphatic rings. The second-order valence-electron chi connectivity index (χ2n) is 7.33. The van der Waals surface area contributed by atoms with Gasteiger partial charge in [-0.3, -0.25) is 19.6 Å². The van der Waals surface area contributed by atoms with Crippen LogP contribution in [0.25, 0.3) is 0 Å². The molecule has 3 N–H and O–H groups in total. The van der Waals surface area contributed by atoms with Gasteiger partial charge in [0.1, 0.15) is 17.5 Å². The number of nitrogens with zero attached hydrogens (tertiary/aromatic N) is 2. The van der Waals surface area contributed by atoms with Crippen molar-refractivity contribution in [3.05, 3.63) is 48.0 Å². The molecule has 3 heterocycles. The number of amides is 2. The van der Waals surface area contributed by atoms with E-state index in [0.29, 0.717) is 0 Å². The number of nitrogens with one attached hydrogen (secondary N) is 1. The zero-order chi connectivity index (χ0) is 23.0. The Labute approximate surface area is 176 Å². The van der Waals surface area contributed by atoms with Crippen LogP contribution < -0.4 is 15.8 Å². The zero-order valence-electron chi connectivity index (χ0n) is 16.9. The average molecular weight is 438 g/mol. The number of carbonyl (C=O) groups excluding carboxylic acids is 2. The number of ether oxygens (including phenoxy) is 2. The maximum absolute atomic E-state index is 13.9. The SMILES string of the molecule is COc1cccnc1[C@H]1[C@@H](C(=O)Nc2ccnc(C(N)=O)c2)O[C@@](C)(C(F)(F)F)[C@@H]1C. The first kappa shape index (κ1) is 22.5. The van der Waals surface area contributed by atoms with Crippen molar-refractivity contribution < 1.29 is 32.2 Å². The fourth-order valence-electron chi connectivity index (χ4n) is 3.65. The molecule has 166 valence electrons. The summed E-state index contributed by atoms with van der Waals surface area (Å²) in [6.45, 7) is 2.27. The van der Waals surface area contributed by atoms with E-state index < -0.39 is 41.5 Å². The van der Waals surface area contributed by atoms with Crippen molar-refractivity contribution in [1.82, 2.24) is 9.97 Å². The molecular formula is C20H21F3N4O4. The number of hydrogen-bond acceptors (Lipinski definition) is 6. The molecule has 0 aliphatic carbocycles. The first-order valence-corrected chi connectivity index (χ1v) is 9.29. The topological polar surface area (TPSA) is 116 Å². The van der Waals surface area contributed by atoms with E-state index in [-0.39, 0.29) is 22.8 Å². The third-order valence-corrected chi connectivity index (χ3v) is 5.54. The van der Waals surface area contributed by atoms with E-state index in [9.17, 15) is 22.8 Å². The van der Waals surface area contributed by atoms with Gasteiger partial charge in [-0.15, -0.1) is 0 Å². The molecule has 0 spiro atoms. The van der Waals surface area contributed by atoms with Gasteiger partial charge in [-0.2, -0.15) is 13.2 Å². The second kappa shape index (κ2) is 8.14. The number of anilines is 1. The van der Waals surface area contributed by atoms with Gasteiger partial charge in [-0.05, 0) is 31.2 Å². The number of carbonyl (C=O) groups is 2. The number of aromatic nitrogens is 2. The average Bonchev–Trinajstić information content (AvgIpc) is 3.00. The van der Waals surface area contributed by atoms with Gasteiger partial charge in [0.2, 0.25) is 0 Å². The molecule has 1 fully saturated rings. The number of rotatable bonds is 5. The minimum absolute atomic E-state index is 0.110. The monoisotopic (exact) mass is 438 g/mol. The van der Waals surface area contributed by atoms with E-state index >= 15 is 0 Å². The number of halogens is 3. The van der Waals surface area contributed by atoms with Crippen LogP contribution in [-0.4, -0.2) is 46.8 Å². The van der Waals surface area contributed by atoms with E-state index in [2.05, 4.69) is 15.3 Å². The number of nitrogens with two attached hydrogens (primary N) is 1. The molecule has 1 aliphatic heterocycles. The normalized spacial score (nSPS) is 25.8. The molecule has 2 amide bonds. The lowest BCUT2D eigenvalue weighted by molar-refractivity contribution is -0.272. The molecule has 0 saturated carbocycles. The molecule has 11 heteroatoms. The summed E-state index contributed by atoms with van der Waals surface area (Å²) >= 11 is 0. The highest BCUT2D eigenvalue weighted by Crippen LogP contribution is 2.54. The van der Waals surface area contributed by atoms with Gasteiger partial charge in [-0.25, -0.2) is 0 Å². The van der Waals surface area contributed by atoms with Crippen molar-refractivity contribution in [2.45, 2.75) is 37.6 Å². The Morgan fingerprint density at radius 1 is 1.26 bits per heavy atom.